The summed E-state index contributed by atoms with van der Waals surface area (Å²) in [6.07, 6.45) is 0.256. The largest absolute Gasteiger partial charge is 0.368 e. The van der Waals surface area contributed by atoms with Gasteiger partial charge < -0.3 is 16.4 Å². The van der Waals surface area contributed by atoms with Crippen LogP contribution in [0.1, 0.15) is 23.5 Å². The number of carbonyl (C=O) groups excluding carboxylic acids is 2. The number of primary amides is 1. The van der Waals surface area contributed by atoms with Gasteiger partial charge >= 0.3 is 0 Å². The molecule has 1 aliphatic heterocycles. The smallest absolute Gasteiger partial charge is 0.244 e. The average molecular weight is 327 g/mol. The molecule has 6 heteroatoms. The molecule has 0 aromatic heterocycles. The van der Waals surface area contributed by atoms with Crippen molar-refractivity contribution in [2.75, 3.05) is 11.4 Å². The Morgan fingerprint density at radius 2 is 1.75 bits per heavy atom. The third-order valence-corrected chi connectivity index (χ3v) is 4.27. The zero-order valence-electron chi connectivity index (χ0n) is 13.0. The molecular formula is C18H18FN3O2. The number of nitrogens with two attached hydrogens (primary N) is 2. The van der Waals surface area contributed by atoms with E-state index >= 15 is 0 Å². The minimum absolute atomic E-state index is 0.256. The van der Waals surface area contributed by atoms with Crippen molar-refractivity contribution >= 4 is 17.5 Å². The topological polar surface area (TPSA) is 89.4 Å². The van der Waals surface area contributed by atoms with Gasteiger partial charge in [-0.2, -0.15) is 0 Å². The van der Waals surface area contributed by atoms with Crippen LogP contribution in [0.2, 0.25) is 0 Å². The first-order valence-electron chi connectivity index (χ1n) is 7.67. The van der Waals surface area contributed by atoms with Crippen molar-refractivity contribution in [3.05, 3.63) is 65.5 Å². The predicted octanol–water partition coefficient (Wildman–Crippen LogP) is 1.51. The SMILES string of the molecule is NC(=O)CN1C(=O)C(N)CC(c2ccccc2F)c2ccccc21. The minimum atomic E-state index is -0.846. The Kier molecular flexibility index (Phi) is 4.31. The van der Waals surface area contributed by atoms with Gasteiger partial charge in [0.1, 0.15) is 12.4 Å². The molecule has 0 aliphatic carbocycles. The third-order valence-electron chi connectivity index (χ3n) is 4.27. The van der Waals surface area contributed by atoms with Gasteiger partial charge in [0.05, 0.1) is 6.04 Å². The van der Waals surface area contributed by atoms with Crippen LogP contribution in [0.25, 0.3) is 0 Å². The van der Waals surface area contributed by atoms with Crippen LogP contribution >= 0.6 is 0 Å². The summed E-state index contributed by atoms with van der Waals surface area (Å²) < 4.78 is 14.3. The summed E-state index contributed by atoms with van der Waals surface area (Å²) in [4.78, 5) is 25.3. The molecule has 1 aliphatic rings. The molecule has 1 heterocycles. The van der Waals surface area contributed by atoms with Gasteiger partial charge in [-0.25, -0.2) is 4.39 Å². The van der Waals surface area contributed by atoms with Gasteiger partial charge in [0, 0.05) is 11.6 Å². The molecule has 0 bridgehead atoms. The molecule has 2 aromatic carbocycles. The monoisotopic (exact) mass is 327 g/mol. The van der Waals surface area contributed by atoms with E-state index in [2.05, 4.69) is 0 Å². The lowest BCUT2D eigenvalue weighted by molar-refractivity contribution is -0.123. The lowest BCUT2D eigenvalue weighted by Gasteiger charge is -2.23. The summed E-state index contributed by atoms with van der Waals surface area (Å²) in [6, 6.07) is 12.7. The fourth-order valence-corrected chi connectivity index (χ4v) is 3.20. The van der Waals surface area contributed by atoms with Crippen molar-refractivity contribution in [1.29, 1.82) is 0 Å². The normalized spacial score (nSPS) is 20.4. The van der Waals surface area contributed by atoms with Crippen molar-refractivity contribution in [2.45, 2.75) is 18.4 Å². The summed E-state index contributed by atoms with van der Waals surface area (Å²) in [5, 5.41) is 0. The first-order chi connectivity index (χ1) is 11.5. The Balaban J connectivity index is 2.17. The fraction of sp³-hybridized carbons (Fsp3) is 0.222. The maximum absolute atomic E-state index is 14.3. The maximum atomic E-state index is 14.3. The molecular weight excluding hydrogens is 309 g/mol. The molecule has 4 N–H and O–H groups in total. The Bertz CT molecular complexity index is 793. The molecule has 2 atom stereocenters. The molecule has 5 nitrogen and oxygen atoms in total. The van der Waals surface area contributed by atoms with Crippen LogP contribution < -0.4 is 16.4 Å². The summed E-state index contributed by atoms with van der Waals surface area (Å²) in [7, 11) is 0. The second-order valence-corrected chi connectivity index (χ2v) is 5.87. The number of rotatable bonds is 3. The van der Waals surface area contributed by atoms with Gasteiger partial charge in [-0.1, -0.05) is 36.4 Å². The highest BCUT2D eigenvalue weighted by atomic mass is 19.1. The minimum Gasteiger partial charge on any atom is -0.368 e. The molecule has 0 spiro atoms. The molecule has 0 fully saturated rings. The molecule has 124 valence electrons. The maximum Gasteiger partial charge on any atom is 0.244 e. The second kappa shape index (κ2) is 6.41. The zero-order chi connectivity index (χ0) is 17.3. The highest BCUT2D eigenvalue weighted by Gasteiger charge is 2.35. The number of nitrogens with zero attached hydrogens (tertiary/aromatic N) is 1. The van der Waals surface area contributed by atoms with Crippen LogP contribution in [-0.4, -0.2) is 24.4 Å². The molecule has 3 rings (SSSR count). The van der Waals surface area contributed by atoms with Crippen LogP contribution in [0.15, 0.2) is 48.5 Å². The van der Waals surface area contributed by atoms with Crippen molar-refractivity contribution in [3.8, 4) is 0 Å². The highest BCUT2D eigenvalue weighted by molar-refractivity contribution is 6.02. The van der Waals surface area contributed by atoms with Crippen LogP contribution in [0.4, 0.5) is 10.1 Å². The van der Waals surface area contributed by atoms with Crippen molar-refractivity contribution in [2.24, 2.45) is 11.5 Å². The molecule has 2 aromatic rings. The van der Waals surface area contributed by atoms with Gasteiger partial charge in [-0.05, 0) is 29.7 Å². The molecule has 2 amide bonds. The molecule has 0 saturated carbocycles. The molecule has 24 heavy (non-hydrogen) atoms. The number of para-hydroxylation sites is 1. The van der Waals surface area contributed by atoms with Crippen LogP contribution in [0.5, 0.6) is 0 Å². The summed E-state index contributed by atoms with van der Waals surface area (Å²) >= 11 is 0. The number of anilines is 1. The predicted molar refractivity (Wildman–Crippen MR) is 88.8 cm³/mol. The van der Waals surface area contributed by atoms with Gasteiger partial charge in [0.25, 0.3) is 0 Å². The quantitative estimate of drug-likeness (QED) is 0.895. The van der Waals surface area contributed by atoms with Gasteiger partial charge in [-0.15, -0.1) is 0 Å². The third kappa shape index (κ3) is 2.88. The number of hydrogen-bond donors (Lipinski definition) is 2. The molecule has 0 radical (unpaired) electrons. The molecule has 2 unspecified atom stereocenters. The van der Waals surface area contributed by atoms with Gasteiger partial charge in [0.15, 0.2) is 0 Å². The standard InChI is InChI=1S/C18H18FN3O2/c19-14-7-3-1-5-11(14)13-9-15(20)18(24)22(10-17(21)23)16-8-4-2-6-12(13)16/h1-8,13,15H,9-10,20H2,(H2,21,23). The van der Waals surface area contributed by atoms with Gasteiger partial charge in [0.2, 0.25) is 11.8 Å². The first kappa shape index (κ1) is 16.1. The van der Waals surface area contributed by atoms with Crippen LogP contribution in [-0.2, 0) is 9.59 Å². The van der Waals surface area contributed by atoms with Crippen molar-refractivity contribution in [3.63, 3.8) is 0 Å². The van der Waals surface area contributed by atoms with Crippen LogP contribution in [0.3, 0.4) is 0 Å². The Morgan fingerprint density at radius 3 is 2.42 bits per heavy atom. The average Bonchev–Trinajstić information content (AvgIpc) is 2.66. The van der Waals surface area contributed by atoms with Gasteiger partial charge in [-0.3, -0.25) is 9.59 Å². The van der Waals surface area contributed by atoms with Crippen LogP contribution in [0, 0.1) is 5.82 Å². The Hall–Kier alpha value is -2.73. The van der Waals surface area contributed by atoms with E-state index in [1.807, 2.05) is 12.1 Å². The number of halogens is 1. The lowest BCUT2D eigenvalue weighted by Crippen LogP contribution is -2.46. The Labute approximate surface area is 139 Å². The highest BCUT2D eigenvalue weighted by Crippen LogP contribution is 2.39. The van der Waals surface area contributed by atoms with E-state index in [1.54, 1.807) is 30.3 Å². The lowest BCUT2D eigenvalue weighted by atomic mass is 9.86. The number of fused-ring (bicyclic) bond motifs is 1. The number of carbonyl (C=O) groups is 2. The van der Waals surface area contributed by atoms with E-state index in [4.69, 9.17) is 11.5 Å². The number of amides is 2. The van der Waals surface area contributed by atoms with Crippen molar-refractivity contribution in [1.82, 2.24) is 0 Å². The first-order valence-corrected chi connectivity index (χ1v) is 7.67. The van der Waals surface area contributed by atoms with E-state index in [9.17, 15) is 14.0 Å². The van der Waals surface area contributed by atoms with E-state index in [0.29, 0.717) is 11.3 Å². The fourth-order valence-electron chi connectivity index (χ4n) is 3.20. The van der Waals surface area contributed by atoms with E-state index in [-0.39, 0.29) is 30.6 Å². The summed E-state index contributed by atoms with van der Waals surface area (Å²) in [5.74, 6) is -1.74. The van der Waals surface area contributed by atoms with Crippen molar-refractivity contribution < 1.29 is 14.0 Å². The number of hydrogen-bond acceptors (Lipinski definition) is 3. The van der Waals surface area contributed by atoms with E-state index in [0.717, 1.165) is 5.56 Å². The van der Waals surface area contributed by atoms with E-state index < -0.39 is 11.9 Å². The summed E-state index contributed by atoms with van der Waals surface area (Å²) in [5.41, 5.74) is 13.1. The number of benzene rings is 2. The molecule has 0 saturated heterocycles. The summed E-state index contributed by atoms with van der Waals surface area (Å²) in [6.45, 7) is -0.256. The van der Waals surface area contributed by atoms with E-state index in [1.165, 1.54) is 11.0 Å². The second-order valence-electron chi connectivity index (χ2n) is 5.87. The Morgan fingerprint density at radius 1 is 1.12 bits per heavy atom. The zero-order valence-corrected chi connectivity index (χ0v) is 13.0.